The highest BCUT2D eigenvalue weighted by Crippen LogP contribution is 2.19. The predicted molar refractivity (Wildman–Crippen MR) is 104 cm³/mol. The van der Waals surface area contributed by atoms with E-state index in [4.69, 9.17) is 4.74 Å². The normalized spacial score (nSPS) is 10.9. The van der Waals surface area contributed by atoms with E-state index in [2.05, 4.69) is 20.8 Å². The van der Waals surface area contributed by atoms with Gasteiger partial charge in [0.05, 0.1) is 25.4 Å². The highest BCUT2D eigenvalue weighted by atomic mass is 16.5. The average molecular weight is 364 g/mol. The van der Waals surface area contributed by atoms with Crippen LogP contribution in [0.1, 0.15) is 21.6 Å². The van der Waals surface area contributed by atoms with Crippen molar-refractivity contribution in [3.8, 4) is 5.75 Å². The molecule has 0 atom stereocenters. The van der Waals surface area contributed by atoms with Crippen LogP contribution in [0.25, 0.3) is 10.9 Å². The molecule has 0 aliphatic heterocycles. The number of carbonyl (C=O) groups excluding carboxylic acids is 2. The number of hydrogen-bond acceptors (Lipinski definition) is 4. The molecule has 0 aliphatic rings. The van der Waals surface area contributed by atoms with Gasteiger partial charge in [-0.1, -0.05) is 30.3 Å². The number of benzene rings is 2. The number of hydrazone groups is 1. The summed E-state index contributed by atoms with van der Waals surface area (Å²) in [6.07, 6.45) is 1.59. The number of ether oxygens (including phenoxy) is 1. The molecule has 138 valence electrons. The maximum atomic E-state index is 12.2. The third-order valence-electron chi connectivity index (χ3n) is 4.09. The standard InChI is InChI=1S/C20H20N4O3/c1-13-16(14-7-3-5-9-17(14)23-13)11-22-24-19(25)12-21-20(26)15-8-4-6-10-18(15)27-2/h3-11,23H,12H2,1-2H3,(H,21,26)(H,24,25). The number of aromatic amines is 1. The maximum absolute atomic E-state index is 12.2. The first-order chi connectivity index (χ1) is 13.1. The Bertz CT molecular complexity index is 1010. The molecule has 3 N–H and O–H groups in total. The van der Waals surface area contributed by atoms with Crippen LogP contribution in [0.5, 0.6) is 5.75 Å². The second kappa shape index (κ2) is 8.18. The molecule has 2 aromatic carbocycles. The fourth-order valence-electron chi connectivity index (χ4n) is 2.76. The summed E-state index contributed by atoms with van der Waals surface area (Å²) in [7, 11) is 1.49. The first-order valence-electron chi connectivity index (χ1n) is 8.40. The molecule has 3 aromatic rings. The fourth-order valence-corrected chi connectivity index (χ4v) is 2.76. The van der Waals surface area contributed by atoms with E-state index in [9.17, 15) is 9.59 Å². The van der Waals surface area contributed by atoms with Gasteiger partial charge in [0.2, 0.25) is 0 Å². The van der Waals surface area contributed by atoms with Crippen molar-refractivity contribution in [1.82, 2.24) is 15.7 Å². The molecular formula is C20H20N4O3. The minimum atomic E-state index is -0.424. The van der Waals surface area contributed by atoms with Crippen LogP contribution in [0.15, 0.2) is 53.6 Å². The zero-order valence-electron chi connectivity index (χ0n) is 15.1. The van der Waals surface area contributed by atoms with Gasteiger partial charge in [0.1, 0.15) is 5.75 Å². The number of nitrogens with zero attached hydrogens (tertiary/aromatic N) is 1. The van der Waals surface area contributed by atoms with Crippen molar-refractivity contribution in [3.05, 3.63) is 65.4 Å². The third kappa shape index (κ3) is 4.14. The number of nitrogens with one attached hydrogen (secondary N) is 3. The molecule has 1 heterocycles. The van der Waals surface area contributed by atoms with Crippen molar-refractivity contribution in [1.29, 1.82) is 0 Å². The summed E-state index contributed by atoms with van der Waals surface area (Å²) < 4.78 is 5.14. The van der Waals surface area contributed by atoms with Crippen molar-refractivity contribution < 1.29 is 14.3 Å². The fraction of sp³-hybridized carbons (Fsp3) is 0.150. The molecule has 1 aromatic heterocycles. The summed E-state index contributed by atoms with van der Waals surface area (Å²) in [5.41, 5.74) is 5.66. The van der Waals surface area contributed by atoms with Crippen LogP contribution in [0.3, 0.4) is 0 Å². The molecule has 2 amide bonds. The Labute approximate surface area is 156 Å². The number of aromatic nitrogens is 1. The monoisotopic (exact) mass is 364 g/mol. The maximum Gasteiger partial charge on any atom is 0.259 e. The highest BCUT2D eigenvalue weighted by molar-refractivity contribution is 6.01. The largest absolute Gasteiger partial charge is 0.496 e. The van der Waals surface area contributed by atoms with Crippen LogP contribution < -0.4 is 15.5 Å². The number of amides is 2. The molecule has 0 radical (unpaired) electrons. The van der Waals surface area contributed by atoms with Gasteiger partial charge in [-0.3, -0.25) is 9.59 Å². The van der Waals surface area contributed by atoms with Crippen molar-refractivity contribution in [2.75, 3.05) is 13.7 Å². The van der Waals surface area contributed by atoms with E-state index < -0.39 is 5.91 Å². The van der Waals surface area contributed by atoms with Gasteiger partial charge in [-0.05, 0) is 25.1 Å². The van der Waals surface area contributed by atoms with E-state index in [0.717, 1.165) is 22.2 Å². The lowest BCUT2D eigenvalue weighted by molar-refractivity contribution is -0.120. The molecule has 0 aliphatic carbocycles. The summed E-state index contributed by atoms with van der Waals surface area (Å²) in [6.45, 7) is 1.75. The van der Waals surface area contributed by atoms with Gasteiger partial charge in [-0.25, -0.2) is 5.43 Å². The van der Waals surface area contributed by atoms with Gasteiger partial charge >= 0.3 is 0 Å². The van der Waals surface area contributed by atoms with Crippen molar-refractivity contribution in [3.63, 3.8) is 0 Å². The molecule has 3 rings (SSSR count). The zero-order chi connectivity index (χ0) is 19.2. The Balaban J connectivity index is 1.57. The summed E-state index contributed by atoms with van der Waals surface area (Å²) in [6, 6.07) is 14.7. The molecule has 0 saturated heterocycles. The quantitative estimate of drug-likeness (QED) is 0.463. The predicted octanol–water partition coefficient (Wildman–Crippen LogP) is 2.37. The van der Waals surface area contributed by atoms with Gasteiger partial charge in [-0.2, -0.15) is 5.10 Å². The Kier molecular flexibility index (Phi) is 5.51. The molecule has 27 heavy (non-hydrogen) atoms. The number of methoxy groups -OCH3 is 1. The number of aryl methyl sites for hydroxylation is 1. The molecule has 7 heteroatoms. The van der Waals surface area contributed by atoms with Gasteiger partial charge in [0, 0.05) is 22.2 Å². The van der Waals surface area contributed by atoms with Crippen LogP contribution in [-0.4, -0.2) is 36.7 Å². The molecule has 0 spiro atoms. The summed E-state index contributed by atoms with van der Waals surface area (Å²) in [4.78, 5) is 27.4. The van der Waals surface area contributed by atoms with Gasteiger partial charge < -0.3 is 15.0 Å². The zero-order valence-corrected chi connectivity index (χ0v) is 15.1. The minimum Gasteiger partial charge on any atom is -0.496 e. The second-order valence-corrected chi connectivity index (χ2v) is 5.89. The number of carbonyl (C=O) groups is 2. The minimum absolute atomic E-state index is 0.193. The summed E-state index contributed by atoms with van der Waals surface area (Å²) >= 11 is 0. The number of para-hydroxylation sites is 2. The number of H-pyrrole nitrogens is 1. The van der Waals surface area contributed by atoms with Crippen LogP contribution in [0.2, 0.25) is 0 Å². The summed E-state index contributed by atoms with van der Waals surface area (Å²) in [5, 5.41) is 7.56. The number of rotatable bonds is 6. The average Bonchev–Trinajstić information content (AvgIpc) is 3.01. The highest BCUT2D eigenvalue weighted by Gasteiger charge is 2.12. The molecule has 0 bridgehead atoms. The van der Waals surface area contributed by atoms with Crippen molar-refractivity contribution >= 4 is 28.9 Å². The van der Waals surface area contributed by atoms with E-state index in [1.54, 1.807) is 30.5 Å². The molecule has 0 fully saturated rings. The second-order valence-electron chi connectivity index (χ2n) is 5.89. The smallest absolute Gasteiger partial charge is 0.259 e. The van der Waals surface area contributed by atoms with Crippen LogP contribution in [-0.2, 0) is 4.79 Å². The van der Waals surface area contributed by atoms with E-state index in [1.165, 1.54) is 7.11 Å². The van der Waals surface area contributed by atoms with Crippen LogP contribution >= 0.6 is 0 Å². The van der Waals surface area contributed by atoms with Gasteiger partial charge in [0.25, 0.3) is 11.8 Å². The molecule has 7 nitrogen and oxygen atoms in total. The third-order valence-corrected chi connectivity index (χ3v) is 4.09. The molecule has 0 unspecified atom stereocenters. The number of hydrogen-bond donors (Lipinski definition) is 3. The van der Waals surface area contributed by atoms with E-state index in [0.29, 0.717) is 11.3 Å². The van der Waals surface area contributed by atoms with Gasteiger partial charge in [-0.15, -0.1) is 0 Å². The first kappa shape index (κ1) is 18.2. The van der Waals surface area contributed by atoms with E-state index in [-0.39, 0.29) is 12.5 Å². The molecule has 0 saturated carbocycles. The van der Waals surface area contributed by atoms with E-state index in [1.807, 2.05) is 31.2 Å². The lowest BCUT2D eigenvalue weighted by Gasteiger charge is -2.08. The summed E-state index contributed by atoms with van der Waals surface area (Å²) in [5.74, 6) is -0.366. The Morgan fingerprint density at radius 3 is 2.70 bits per heavy atom. The SMILES string of the molecule is COc1ccccc1C(=O)NCC(=O)NN=Cc1c(C)[nH]c2ccccc12. The van der Waals surface area contributed by atoms with Crippen molar-refractivity contribution in [2.24, 2.45) is 5.10 Å². The lowest BCUT2D eigenvalue weighted by Crippen LogP contribution is -2.35. The van der Waals surface area contributed by atoms with Crippen molar-refractivity contribution in [2.45, 2.75) is 6.92 Å². The van der Waals surface area contributed by atoms with E-state index >= 15 is 0 Å². The van der Waals surface area contributed by atoms with Gasteiger partial charge in [0.15, 0.2) is 0 Å². The van der Waals surface area contributed by atoms with Crippen LogP contribution in [0.4, 0.5) is 0 Å². The Morgan fingerprint density at radius 2 is 1.89 bits per heavy atom. The number of fused-ring (bicyclic) bond motifs is 1. The lowest BCUT2D eigenvalue weighted by atomic mass is 10.1. The molecular weight excluding hydrogens is 344 g/mol. The Morgan fingerprint density at radius 1 is 1.15 bits per heavy atom. The van der Waals surface area contributed by atoms with Crippen LogP contribution in [0, 0.1) is 6.92 Å². The topological polar surface area (TPSA) is 95.6 Å². The first-order valence-corrected chi connectivity index (χ1v) is 8.40. The Hall–Kier alpha value is -3.61.